The average molecular weight is 232 g/mol. The predicted octanol–water partition coefficient (Wildman–Crippen LogP) is 2.31. The molecule has 0 aromatic heterocycles. The third-order valence-electron chi connectivity index (χ3n) is 3.31. The summed E-state index contributed by atoms with van der Waals surface area (Å²) in [6.07, 6.45) is 3.87. The van der Waals surface area contributed by atoms with Gasteiger partial charge in [0.05, 0.1) is 0 Å². The molecule has 0 heterocycles. The van der Waals surface area contributed by atoms with Gasteiger partial charge in [-0.15, -0.1) is 0 Å². The van der Waals surface area contributed by atoms with Gasteiger partial charge in [-0.3, -0.25) is 4.79 Å². The topological polar surface area (TPSA) is 55.1 Å². The van der Waals surface area contributed by atoms with E-state index in [1.54, 1.807) is 0 Å². The van der Waals surface area contributed by atoms with Crippen molar-refractivity contribution in [1.82, 2.24) is 0 Å². The number of benzene rings is 1. The van der Waals surface area contributed by atoms with Crippen LogP contribution in [0.1, 0.15) is 31.7 Å². The van der Waals surface area contributed by atoms with Gasteiger partial charge in [0.15, 0.2) is 0 Å². The van der Waals surface area contributed by atoms with Crippen molar-refractivity contribution < 1.29 is 4.79 Å². The van der Waals surface area contributed by atoms with Gasteiger partial charge in [0, 0.05) is 17.6 Å². The van der Waals surface area contributed by atoms with E-state index in [2.05, 4.69) is 24.4 Å². The maximum Gasteiger partial charge on any atom is 0.227 e. The lowest BCUT2D eigenvalue weighted by Gasteiger charge is -2.31. The van der Waals surface area contributed by atoms with Crippen molar-refractivity contribution in [2.75, 3.05) is 5.32 Å². The van der Waals surface area contributed by atoms with Crippen molar-refractivity contribution in [3.8, 4) is 0 Å². The van der Waals surface area contributed by atoms with Crippen LogP contribution in [0.5, 0.6) is 0 Å². The van der Waals surface area contributed by atoms with Crippen LogP contribution in [0, 0.1) is 5.92 Å². The number of rotatable bonds is 4. The van der Waals surface area contributed by atoms with E-state index in [9.17, 15) is 4.79 Å². The molecule has 1 aliphatic carbocycles. The predicted molar refractivity (Wildman–Crippen MR) is 69.8 cm³/mol. The first kappa shape index (κ1) is 12.1. The van der Waals surface area contributed by atoms with E-state index in [4.69, 9.17) is 5.73 Å². The minimum Gasteiger partial charge on any atom is -0.328 e. The molecule has 3 nitrogen and oxygen atoms in total. The Balaban J connectivity index is 1.88. The third-order valence-corrected chi connectivity index (χ3v) is 3.31. The number of nitrogens with two attached hydrogens (primary N) is 1. The zero-order valence-corrected chi connectivity index (χ0v) is 10.3. The van der Waals surface area contributed by atoms with Gasteiger partial charge in [-0.2, -0.15) is 0 Å². The summed E-state index contributed by atoms with van der Waals surface area (Å²) in [5, 5.41) is 2.94. The van der Waals surface area contributed by atoms with Crippen LogP contribution in [0.25, 0.3) is 0 Å². The van der Waals surface area contributed by atoms with Crippen molar-refractivity contribution in [2.45, 2.75) is 38.6 Å². The Morgan fingerprint density at radius 2 is 2.00 bits per heavy atom. The van der Waals surface area contributed by atoms with Crippen LogP contribution in [0.3, 0.4) is 0 Å². The summed E-state index contributed by atoms with van der Waals surface area (Å²) in [5.41, 5.74) is 7.87. The van der Waals surface area contributed by atoms with E-state index in [1.165, 1.54) is 5.56 Å². The normalized spacial score (nSPS) is 22.9. The van der Waals surface area contributed by atoms with Gasteiger partial charge < -0.3 is 11.1 Å². The Morgan fingerprint density at radius 1 is 1.35 bits per heavy atom. The maximum absolute atomic E-state index is 11.8. The molecule has 1 amide bonds. The second-order valence-electron chi connectivity index (χ2n) is 4.86. The van der Waals surface area contributed by atoms with Crippen LogP contribution in [-0.2, 0) is 11.2 Å². The standard InChI is InChI=1S/C14H20N2O/c1-2-3-10-4-6-13(7-5-10)16-14(17)11-8-12(15)9-11/h4-7,11-12H,2-3,8-9,15H2,1H3,(H,16,17). The molecule has 1 fully saturated rings. The minimum absolute atomic E-state index is 0.106. The van der Waals surface area contributed by atoms with Crippen LogP contribution >= 0.6 is 0 Å². The zero-order chi connectivity index (χ0) is 12.3. The lowest BCUT2D eigenvalue weighted by Crippen LogP contribution is -2.42. The van der Waals surface area contributed by atoms with Crippen molar-refractivity contribution >= 4 is 11.6 Å². The van der Waals surface area contributed by atoms with Gasteiger partial charge in [-0.25, -0.2) is 0 Å². The first-order valence-electron chi connectivity index (χ1n) is 6.34. The van der Waals surface area contributed by atoms with Crippen molar-refractivity contribution in [1.29, 1.82) is 0 Å². The van der Waals surface area contributed by atoms with Crippen LogP contribution in [0.15, 0.2) is 24.3 Å². The molecule has 0 unspecified atom stereocenters. The number of anilines is 1. The molecule has 0 spiro atoms. The fourth-order valence-corrected chi connectivity index (χ4v) is 2.16. The Bertz CT molecular complexity index is 380. The largest absolute Gasteiger partial charge is 0.328 e. The molecule has 17 heavy (non-hydrogen) atoms. The van der Waals surface area contributed by atoms with Crippen molar-refractivity contribution in [3.63, 3.8) is 0 Å². The Labute approximate surface area is 102 Å². The second kappa shape index (κ2) is 5.32. The number of amides is 1. The number of hydrogen-bond acceptors (Lipinski definition) is 2. The Kier molecular flexibility index (Phi) is 3.79. The van der Waals surface area contributed by atoms with E-state index in [0.717, 1.165) is 31.4 Å². The van der Waals surface area contributed by atoms with Gasteiger partial charge >= 0.3 is 0 Å². The quantitative estimate of drug-likeness (QED) is 0.837. The van der Waals surface area contributed by atoms with Crippen LogP contribution < -0.4 is 11.1 Å². The van der Waals surface area contributed by atoms with E-state index in [1.807, 2.05) is 12.1 Å². The molecular formula is C14H20N2O. The molecule has 0 aliphatic heterocycles. The molecule has 3 heteroatoms. The molecule has 3 N–H and O–H groups in total. The molecule has 0 radical (unpaired) electrons. The Hall–Kier alpha value is -1.35. The number of carbonyl (C=O) groups is 1. The molecule has 1 saturated carbocycles. The first-order valence-corrected chi connectivity index (χ1v) is 6.34. The monoisotopic (exact) mass is 232 g/mol. The smallest absolute Gasteiger partial charge is 0.227 e. The highest BCUT2D eigenvalue weighted by atomic mass is 16.1. The van der Waals surface area contributed by atoms with Gasteiger partial charge in [0.25, 0.3) is 0 Å². The van der Waals surface area contributed by atoms with Crippen LogP contribution in [0.2, 0.25) is 0 Å². The third kappa shape index (κ3) is 3.07. The molecule has 1 aromatic carbocycles. The second-order valence-corrected chi connectivity index (χ2v) is 4.86. The van der Waals surface area contributed by atoms with E-state index in [0.29, 0.717) is 0 Å². The highest BCUT2D eigenvalue weighted by Gasteiger charge is 2.31. The van der Waals surface area contributed by atoms with Crippen LogP contribution in [0.4, 0.5) is 5.69 Å². The van der Waals surface area contributed by atoms with Gasteiger partial charge in [0.1, 0.15) is 0 Å². The summed E-state index contributed by atoms with van der Waals surface area (Å²) in [7, 11) is 0. The lowest BCUT2D eigenvalue weighted by molar-refractivity contribution is -0.122. The summed E-state index contributed by atoms with van der Waals surface area (Å²) < 4.78 is 0. The minimum atomic E-state index is 0.106. The van der Waals surface area contributed by atoms with Crippen molar-refractivity contribution in [3.05, 3.63) is 29.8 Å². The summed E-state index contributed by atoms with van der Waals surface area (Å²) >= 11 is 0. The Morgan fingerprint density at radius 3 is 2.53 bits per heavy atom. The molecule has 0 saturated heterocycles. The van der Waals surface area contributed by atoms with Gasteiger partial charge in [0.2, 0.25) is 5.91 Å². The van der Waals surface area contributed by atoms with Crippen LogP contribution in [-0.4, -0.2) is 11.9 Å². The molecule has 92 valence electrons. The zero-order valence-electron chi connectivity index (χ0n) is 10.3. The van der Waals surface area contributed by atoms with Gasteiger partial charge in [-0.1, -0.05) is 25.5 Å². The molecular weight excluding hydrogens is 212 g/mol. The SMILES string of the molecule is CCCc1ccc(NC(=O)C2CC(N)C2)cc1. The maximum atomic E-state index is 11.8. The number of carbonyl (C=O) groups excluding carboxylic acids is 1. The lowest BCUT2D eigenvalue weighted by atomic mass is 9.80. The highest BCUT2D eigenvalue weighted by Crippen LogP contribution is 2.26. The average Bonchev–Trinajstić information content (AvgIpc) is 2.28. The summed E-state index contributed by atoms with van der Waals surface area (Å²) in [4.78, 5) is 11.8. The number of nitrogens with one attached hydrogen (secondary N) is 1. The van der Waals surface area contributed by atoms with E-state index < -0.39 is 0 Å². The summed E-state index contributed by atoms with van der Waals surface area (Å²) in [6, 6.07) is 8.32. The molecule has 0 bridgehead atoms. The first-order chi connectivity index (χ1) is 8.19. The fraction of sp³-hybridized carbons (Fsp3) is 0.500. The number of hydrogen-bond donors (Lipinski definition) is 2. The van der Waals surface area contributed by atoms with E-state index in [-0.39, 0.29) is 17.9 Å². The molecule has 2 rings (SSSR count). The summed E-state index contributed by atoms with van der Waals surface area (Å²) in [5.74, 6) is 0.218. The van der Waals surface area contributed by atoms with Crippen molar-refractivity contribution in [2.24, 2.45) is 11.7 Å². The fourth-order valence-electron chi connectivity index (χ4n) is 2.16. The molecule has 0 atom stereocenters. The summed E-state index contributed by atoms with van der Waals surface area (Å²) in [6.45, 7) is 2.16. The molecule has 1 aliphatic rings. The highest BCUT2D eigenvalue weighted by molar-refractivity contribution is 5.93. The van der Waals surface area contributed by atoms with Gasteiger partial charge in [-0.05, 0) is 37.0 Å². The molecule has 1 aromatic rings. The van der Waals surface area contributed by atoms with E-state index >= 15 is 0 Å². The number of aryl methyl sites for hydroxylation is 1.